The number of ether oxygens (including phenoxy) is 1. The van der Waals surface area contributed by atoms with Crippen LogP contribution in [0.25, 0.3) is 0 Å². The average molecular weight is 305 g/mol. The first-order chi connectivity index (χ1) is 9.77. The molecule has 0 saturated heterocycles. The van der Waals surface area contributed by atoms with Crippen LogP contribution in [0.3, 0.4) is 0 Å². The van der Waals surface area contributed by atoms with E-state index in [1.54, 1.807) is 13.0 Å². The summed E-state index contributed by atoms with van der Waals surface area (Å²) in [6, 6.07) is 10.8. The Bertz CT molecular complexity index is 767. The maximum atomic E-state index is 11.3. The van der Waals surface area contributed by atoms with Crippen LogP contribution in [0.15, 0.2) is 41.3 Å². The molecule has 2 N–H and O–H groups in total. The van der Waals surface area contributed by atoms with Crippen molar-refractivity contribution in [2.24, 2.45) is 5.14 Å². The summed E-state index contributed by atoms with van der Waals surface area (Å²) in [6.07, 6.45) is 0. The van der Waals surface area contributed by atoms with Gasteiger partial charge in [0.1, 0.15) is 12.4 Å². The number of sulfonamides is 1. The Balaban J connectivity index is 2.19. The van der Waals surface area contributed by atoms with Crippen molar-refractivity contribution >= 4 is 10.0 Å². The third kappa shape index (κ3) is 3.83. The molecule has 0 atom stereocenters. The number of nitrogens with two attached hydrogens (primary N) is 1. The quantitative estimate of drug-likeness (QED) is 0.944. The van der Waals surface area contributed by atoms with Gasteiger partial charge in [-0.25, -0.2) is 13.6 Å². The minimum Gasteiger partial charge on any atom is -0.489 e. The lowest BCUT2D eigenvalue weighted by atomic mass is 10.1. The van der Waals surface area contributed by atoms with Gasteiger partial charge in [-0.05, 0) is 55.7 Å². The van der Waals surface area contributed by atoms with Crippen molar-refractivity contribution in [1.82, 2.24) is 0 Å². The fourth-order valence-corrected chi connectivity index (χ4v) is 2.67. The van der Waals surface area contributed by atoms with Crippen LogP contribution in [0.5, 0.6) is 5.75 Å². The first kappa shape index (κ1) is 15.5. The standard InChI is InChI=1S/C16H19NO3S/c1-11-4-5-12(2)14(8-11)10-20-16-7-6-15(9-13(16)3)21(17,18)19/h4-9H,10H2,1-3H3,(H2,17,18,19). The minimum atomic E-state index is -3.68. The van der Waals surface area contributed by atoms with Gasteiger partial charge in [0.2, 0.25) is 10.0 Å². The van der Waals surface area contributed by atoms with Gasteiger partial charge in [0.25, 0.3) is 0 Å². The van der Waals surface area contributed by atoms with E-state index in [0.717, 1.165) is 11.1 Å². The molecule has 112 valence electrons. The summed E-state index contributed by atoms with van der Waals surface area (Å²) in [6.45, 7) is 6.32. The maximum Gasteiger partial charge on any atom is 0.238 e. The second kappa shape index (κ2) is 5.87. The van der Waals surface area contributed by atoms with Crippen LogP contribution >= 0.6 is 0 Å². The normalized spacial score (nSPS) is 11.4. The highest BCUT2D eigenvalue weighted by molar-refractivity contribution is 7.89. The van der Waals surface area contributed by atoms with E-state index in [-0.39, 0.29) is 4.90 Å². The maximum absolute atomic E-state index is 11.3. The number of hydrogen-bond acceptors (Lipinski definition) is 3. The highest BCUT2D eigenvalue weighted by Crippen LogP contribution is 2.23. The highest BCUT2D eigenvalue weighted by Gasteiger charge is 2.10. The molecule has 0 fully saturated rings. The summed E-state index contributed by atoms with van der Waals surface area (Å²) >= 11 is 0. The highest BCUT2D eigenvalue weighted by atomic mass is 32.2. The molecule has 0 spiro atoms. The lowest BCUT2D eigenvalue weighted by Gasteiger charge is -2.12. The van der Waals surface area contributed by atoms with Crippen LogP contribution in [0, 0.1) is 20.8 Å². The topological polar surface area (TPSA) is 69.4 Å². The zero-order chi connectivity index (χ0) is 15.6. The van der Waals surface area contributed by atoms with Crippen molar-refractivity contribution in [2.75, 3.05) is 0 Å². The fourth-order valence-electron chi connectivity index (χ4n) is 2.07. The van der Waals surface area contributed by atoms with E-state index in [1.165, 1.54) is 23.3 Å². The van der Waals surface area contributed by atoms with Crippen LogP contribution in [0.1, 0.15) is 22.3 Å². The third-order valence-electron chi connectivity index (χ3n) is 3.36. The zero-order valence-electron chi connectivity index (χ0n) is 12.4. The fraction of sp³-hybridized carbons (Fsp3) is 0.250. The molecule has 0 bridgehead atoms. The summed E-state index contributed by atoms with van der Waals surface area (Å²) in [7, 11) is -3.68. The number of rotatable bonds is 4. The minimum absolute atomic E-state index is 0.0964. The predicted molar refractivity (Wildman–Crippen MR) is 82.8 cm³/mol. The summed E-state index contributed by atoms with van der Waals surface area (Å²) in [5.41, 5.74) is 4.21. The number of aryl methyl sites for hydroxylation is 3. The Morgan fingerprint density at radius 1 is 1.00 bits per heavy atom. The second-order valence-corrected chi connectivity index (χ2v) is 6.75. The molecule has 0 aliphatic heterocycles. The van der Waals surface area contributed by atoms with Gasteiger partial charge in [0, 0.05) is 0 Å². The molecule has 4 nitrogen and oxygen atoms in total. The Morgan fingerprint density at radius 3 is 2.33 bits per heavy atom. The number of primary sulfonamides is 1. The van der Waals surface area contributed by atoms with E-state index in [4.69, 9.17) is 9.88 Å². The number of benzene rings is 2. The zero-order valence-corrected chi connectivity index (χ0v) is 13.2. The molecular weight excluding hydrogens is 286 g/mol. The van der Waals surface area contributed by atoms with Crippen molar-refractivity contribution in [3.63, 3.8) is 0 Å². The molecule has 2 rings (SSSR count). The first-order valence-corrected chi connectivity index (χ1v) is 8.14. The molecule has 0 radical (unpaired) electrons. The number of hydrogen-bond donors (Lipinski definition) is 1. The first-order valence-electron chi connectivity index (χ1n) is 6.60. The van der Waals surface area contributed by atoms with E-state index in [1.807, 2.05) is 13.8 Å². The van der Waals surface area contributed by atoms with E-state index in [2.05, 4.69) is 18.2 Å². The van der Waals surface area contributed by atoms with Gasteiger partial charge in [-0.1, -0.05) is 23.8 Å². The Labute approximate surface area is 125 Å². The summed E-state index contributed by atoms with van der Waals surface area (Å²) < 4.78 is 28.4. The molecule has 0 aliphatic carbocycles. The van der Waals surface area contributed by atoms with Crippen molar-refractivity contribution in [2.45, 2.75) is 32.3 Å². The Hall–Kier alpha value is -1.85. The van der Waals surface area contributed by atoms with Crippen LogP contribution < -0.4 is 9.88 Å². The molecule has 0 unspecified atom stereocenters. The molecular formula is C16H19NO3S. The smallest absolute Gasteiger partial charge is 0.238 e. The molecule has 0 aliphatic rings. The average Bonchev–Trinajstić information content (AvgIpc) is 2.40. The van der Waals surface area contributed by atoms with E-state index < -0.39 is 10.0 Å². The van der Waals surface area contributed by atoms with Gasteiger partial charge in [0.15, 0.2) is 0 Å². The third-order valence-corrected chi connectivity index (χ3v) is 4.27. The van der Waals surface area contributed by atoms with E-state index in [0.29, 0.717) is 12.4 Å². The van der Waals surface area contributed by atoms with Crippen LogP contribution in [0.4, 0.5) is 0 Å². The van der Waals surface area contributed by atoms with Gasteiger partial charge in [-0.15, -0.1) is 0 Å². The van der Waals surface area contributed by atoms with Crippen molar-refractivity contribution < 1.29 is 13.2 Å². The van der Waals surface area contributed by atoms with E-state index in [9.17, 15) is 8.42 Å². The molecule has 21 heavy (non-hydrogen) atoms. The summed E-state index contributed by atoms with van der Waals surface area (Å²) in [5.74, 6) is 0.656. The van der Waals surface area contributed by atoms with Gasteiger partial charge in [-0.2, -0.15) is 0 Å². The second-order valence-electron chi connectivity index (χ2n) is 5.19. The van der Waals surface area contributed by atoms with Gasteiger partial charge >= 0.3 is 0 Å². The van der Waals surface area contributed by atoms with Crippen molar-refractivity contribution in [3.05, 3.63) is 58.7 Å². The Kier molecular flexibility index (Phi) is 4.34. The molecule has 0 aromatic heterocycles. The molecule has 5 heteroatoms. The van der Waals surface area contributed by atoms with Gasteiger partial charge in [-0.3, -0.25) is 0 Å². The van der Waals surface area contributed by atoms with Crippen LogP contribution in [-0.4, -0.2) is 8.42 Å². The molecule has 0 heterocycles. The monoisotopic (exact) mass is 305 g/mol. The van der Waals surface area contributed by atoms with Crippen LogP contribution in [0.2, 0.25) is 0 Å². The predicted octanol–water partition coefficient (Wildman–Crippen LogP) is 2.84. The lowest BCUT2D eigenvalue weighted by molar-refractivity contribution is 0.303. The largest absolute Gasteiger partial charge is 0.489 e. The molecule has 0 saturated carbocycles. The van der Waals surface area contributed by atoms with Gasteiger partial charge in [0.05, 0.1) is 4.90 Å². The van der Waals surface area contributed by atoms with Crippen molar-refractivity contribution in [3.8, 4) is 5.75 Å². The van der Waals surface area contributed by atoms with Crippen LogP contribution in [-0.2, 0) is 16.6 Å². The van der Waals surface area contributed by atoms with Gasteiger partial charge < -0.3 is 4.74 Å². The van der Waals surface area contributed by atoms with E-state index >= 15 is 0 Å². The summed E-state index contributed by atoms with van der Waals surface area (Å²) in [4.78, 5) is 0.0964. The molecule has 2 aromatic rings. The molecule has 0 amide bonds. The lowest BCUT2D eigenvalue weighted by Crippen LogP contribution is -2.12. The Morgan fingerprint density at radius 2 is 1.71 bits per heavy atom. The van der Waals surface area contributed by atoms with Crippen molar-refractivity contribution in [1.29, 1.82) is 0 Å². The SMILES string of the molecule is Cc1ccc(C)c(COc2ccc(S(N)(=O)=O)cc2C)c1. The summed E-state index contributed by atoms with van der Waals surface area (Å²) in [5, 5.41) is 5.11. The molecule has 2 aromatic carbocycles.